The molecule has 0 aliphatic carbocycles. The van der Waals surface area contributed by atoms with Crippen LogP contribution in [-0.4, -0.2) is 45.0 Å². The molecule has 1 unspecified atom stereocenters. The first-order valence-electron chi connectivity index (χ1n) is 11.8. The van der Waals surface area contributed by atoms with Crippen LogP contribution in [0.5, 0.6) is 5.75 Å². The van der Waals surface area contributed by atoms with Crippen LogP contribution in [0.3, 0.4) is 0 Å². The molecule has 2 aromatic rings. The number of carbonyl (C=O) groups excluding carboxylic acids is 3. The molecule has 0 aliphatic rings. The molecule has 0 bridgehead atoms. The number of ketones is 1. The zero-order valence-corrected chi connectivity index (χ0v) is 23.3. The Bertz CT molecular complexity index is 682. The fourth-order valence-corrected chi connectivity index (χ4v) is 2.67. The van der Waals surface area contributed by atoms with Crippen LogP contribution in [0, 0.1) is 6.92 Å². The minimum atomic E-state index is 0.205. The fourth-order valence-electron chi connectivity index (χ4n) is 2.67. The second kappa shape index (κ2) is 28.2. The monoisotopic (exact) mass is 475 g/mol. The van der Waals surface area contributed by atoms with Crippen LogP contribution in [0.4, 0.5) is 0 Å². The van der Waals surface area contributed by atoms with Crippen molar-refractivity contribution in [2.75, 3.05) is 20.7 Å². The van der Waals surface area contributed by atoms with Crippen molar-refractivity contribution in [3.63, 3.8) is 0 Å². The molecule has 2 aromatic carbocycles. The van der Waals surface area contributed by atoms with Crippen molar-refractivity contribution in [1.29, 1.82) is 0 Å². The minimum absolute atomic E-state index is 0.205. The van der Waals surface area contributed by atoms with E-state index in [9.17, 15) is 4.79 Å². The van der Waals surface area contributed by atoms with Crippen molar-refractivity contribution in [2.24, 2.45) is 0 Å². The molecule has 0 amide bonds. The summed E-state index contributed by atoms with van der Waals surface area (Å²) < 4.78 is 5.05. The lowest BCUT2D eigenvalue weighted by atomic mass is 10.1. The van der Waals surface area contributed by atoms with Crippen LogP contribution in [0.1, 0.15) is 77.6 Å². The molecule has 0 N–H and O–H groups in total. The lowest BCUT2D eigenvalue weighted by Crippen LogP contribution is -2.27. The fraction of sp³-hybridized carbons (Fsp3) is 0.483. The van der Waals surface area contributed by atoms with E-state index < -0.39 is 0 Å². The highest BCUT2D eigenvalue weighted by Crippen LogP contribution is 2.18. The number of benzene rings is 2. The van der Waals surface area contributed by atoms with Gasteiger partial charge in [-0.15, -0.1) is 0 Å². The van der Waals surface area contributed by atoms with Gasteiger partial charge in [0.05, 0.1) is 13.7 Å². The number of methoxy groups -OCH3 is 1. The van der Waals surface area contributed by atoms with Crippen LogP contribution >= 0.6 is 0 Å². The Balaban J connectivity index is -0.000000209. The Morgan fingerprint density at radius 2 is 1.35 bits per heavy atom. The van der Waals surface area contributed by atoms with Gasteiger partial charge < -0.3 is 14.3 Å². The van der Waals surface area contributed by atoms with Gasteiger partial charge in [-0.1, -0.05) is 83.0 Å². The summed E-state index contributed by atoms with van der Waals surface area (Å²) in [5, 5.41) is 0. The molecule has 0 spiro atoms. The second-order valence-electron chi connectivity index (χ2n) is 6.80. The van der Waals surface area contributed by atoms with Gasteiger partial charge in [-0.2, -0.15) is 0 Å². The van der Waals surface area contributed by atoms with E-state index in [-0.39, 0.29) is 11.8 Å². The molecule has 194 valence electrons. The number of rotatable bonds is 7. The third-order valence-corrected chi connectivity index (χ3v) is 4.39. The molecule has 5 heteroatoms. The zero-order valence-electron chi connectivity index (χ0n) is 23.3. The van der Waals surface area contributed by atoms with E-state index >= 15 is 0 Å². The van der Waals surface area contributed by atoms with E-state index in [0.29, 0.717) is 6.54 Å². The molecule has 1 atom stereocenters. The highest BCUT2D eigenvalue weighted by molar-refractivity contribution is 5.77. The molecule has 0 saturated carbocycles. The van der Waals surface area contributed by atoms with E-state index in [2.05, 4.69) is 62.1 Å². The normalized spacial score (nSPS) is 9.38. The summed E-state index contributed by atoms with van der Waals surface area (Å²) in [4.78, 5) is 29.1. The zero-order chi connectivity index (χ0) is 27.5. The van der Waals surface area contributed by atoms with Gasteiger partial charge in [0.1, 0.15) is 25.1 Å². The molecule has 0 radical (unpaired) electrons. The molecular formula is C29H49NO4. The Morgan fingerprint density at radius 3 is 1.71 bits per heavy atom. The number of hydrogen-bond acceptors (Lipinski definition) is 5. The third kappa shape index (κ3) is 19.9. The van der Waals surface area contributed by atoms with Gasteiger partial charge in [0, 0.05) is 6.04 Å². The summed E-state index contributed by atoms with van der Waals surface area (Å²) >= 11 is 0. The number of carbonyl (C=O) groups is 3. The van der Waals surface area contributed by atoms with E-state index in [1.54, 1.807) is 14.0 Å². The average molecular weight is 476 g/mol. The first-order chi connectivity index (χ1) is 16.4. The first-order valence-corrected chi connectivity index (χ1v) is 11.8. The predicted molar refractivity (Wildman–Crippen MR) is 147 cm³/mol. The van der Waals surface area contributed by atoms with Crippen LogP contribution < -0.4 is 4.74 Å². The maximum Gasteiger partial charge on any atom is 0.143 e. The van der Waals surface area contributed by atoms with Gasteiger partial charge in [0.2, 0.25) is 0 Å². The Kier molecular flexibility index (Phi) is 32.0. The number of hydrogen-bond donors (Lipinski definition) is 0. The van der Waals surface area contributed by atoms with E-state index in [1.165, 1.54) is 23.1 Å². The van der Waals surface area contributed by atoms with Crippen LogP contribution in [-0.2, 0) is 20.8 Å². The Hall–Kier alpha value is -2.79. The minimum Gasteiger partial charge on any atom is -0.497 e. The lowest BCUT2D eigenvalue weighted by Gasteiger charge is -2.23. The van der Waals surface area contributed by atoms with Gasteiger partial charge >= 0.3 is 0 Å². The maximum atomic E-state index is 11.0. The van der Waals surface area contributed by atoms with Crippen LogP contribution in [0.15, 0.2) is 48.5 Å². The number of ether oxygens (including phenoxy) is 1. The topological polar surface area (TPSA) is 63.7 Å². The summed E-state index contributed by atoms with van der Waals surface area (Å²) in [5.41, 5.74) is 3.90. The average Bonchev–Trinajstić information content (AvgIpc) is 2.89. The smallest absolute Gasteiger partial charge is 0.143 e. The molecule has 5 nitrogen and oxygen atoms in total. The van der Waals surface area contributed by atoms with Gasteiger partial charge in [-0.3, -0.25) is 9.69 Å². The largest absolute Gasteiger partial charge is 0.497 e. The molecule has 0 fully saturated rings. The summed E-state index contributed by atoms with van der Waals surface area (Å²) in [7, 11) is 3.67. The molecule has 34 heavy (non-hydrogen) atoms. The van der Waals surface area contributed by atoms with E-state index in [4.69, 9.17) is 14.3 Å². The summed E-state index contributed by atoms with van der Waals surface area (Å²) in [5.74, 6) is 1.14. The molecule has 2 rings (SSSR count). The van der Waals surface area contributed by atoms with Gasteiger partial charge in [0.25, 0.3) is 0 Å². The SMILES string of the molecule is C=O.C=O.CC.CC.CC(=O)CN(C)C(C)c1ccc(C)cc1.CCCc1ccc(OC)cc1. The molecule has 0 saturated heterocycles. The van der Waals surface area contributed by atoms with E-state index in [1.807, 2.05) is 60.5 Å². The summed E-state index contributed by atoms with van der Waals surface area (Å²) in [6, 6.07) is 17.0. The quantitative estimate of drug-likeness (QED) is 0.435. The second-order valence-corrected chi connectivity index (χ2v) is 6.80. The van der Waals surface area contributed by atoms with Gasteiger partial charge in [0.15, 0.2) is 0 Å². The standard InChI is InChI=1S/C13H19NO.C10H14O.2C2H6.2CH2O/c1-10-5-7-13(8-6-10)12(3)14(4)9-11(2)15;1-3-4-9-5-7-10(11-2)8-6-9;4*1-2/h5-8,12H,9H2,1-4H3;5-8H,3-4H2,1-2H3;2*1-2H3;2*1H2. The van der Waals surface area contributed by atoms with Crippen molar-refractivity contribution in [2.45, 2.75) is 74.3 Å². The van der Waals surface area contributed by atoms with Crippen LogP contribution in [0.25, 0.3) is 0 Å². The number of likely N-dealkylation sites (N-methyl/N-ethyl adjacent to an activating group) is 1. The van der Waals surface area contributed by atoms with Crippen molar-refractivity contribution >= 4 is 19.4 Å². The van der Waals surface area contributed by atoms with E-state index in [0.717, 1.165) is 12.2 Å². The van der Waals surface area contributed by atoms with Gasteiger partial charge in [-0.25, -0.2) is 0 Å². The summed E-state index contributed by atoms with van der Waals surface area (Å²) in [6.45, 7) is 20.5. The Labute approximate surface area is 209 Å². The maximum absolute atomic E-state index is 11.0. The highest BCUT2D eigenvalue weighted by atomic mass is 16.5. The number of aryl methyl sites for hydroxylation is 2. The number of nitrogens with zero attached hydrogens (tertiary/aromatic N) is 1. The van der Waals surface area contributed by atoms with Gasteiger partial charge in [-0.05, 0) is 57.5 Å². The molecular weight excluding hydrogens is 426 g/mol. The predicted octanol–water partition coefficient (Wildman–Crippen LogP) is 6.91. The third-order valence-electron chi connectivity index (χ3n) is 4.39. The van der Waals surface area contributed by atoms with Crippen molar-refractivity contribution < 1.29 is 19.1 Å². The number of Topliss-reactive ketones (excluding diaryl/α,β-unsaturated/α-hetero) is 1. The van der Waals surface area contributed by atoms with Crippen molar-refractivity contribution in [3.8, 4) is 5.75 Å². The van der Waals surface area contributed by atoms with Crippen molar-refractivity contribution in [1.82, 2.24) is 4.90 Å². The molecule has 0 aromatic heterocycles. The molecule has 0 aliphatic heterocycles. The van der Waals surface area contributed by atoms with Crippen molar-refractivity contribution in [3.05, 3.63) is 65.2 Å². The lowest BCUT2D eigenvalue weighted by molar-refractivity contribution is -0.118. The highest BCUT2D eigenvalue weighted by Gasteiger charge is 2.12. The summed E-state index contributed by atoms with van der Waals surface area (Å²) in [6.07, 6.45) is 2.36. The molecule has 0 heterocycles. The first kappa shape index (κ1) is 38.5. The Morgan fingerprint density at radius 1 is 0.912 bits per heavy atom. The van der Waals surface area contributed by atoms with Crippen LogP contribution in [0.2, 0.25) is 0 Å².